The van der Waals surface area contributed by atoms with Crippen LogP contribution in [0.3, 0.4) is 0 Å². The number of rotatable bonds is 7. The first-order chi connectivity index (χ1) is 10.6. The highest BCUT2D eigenvalue weighted by Crippen LogP contribution is 2.04. The molecule has 0 atom stereocenters. The highest BCUT2D eigenvalue weighted by atomic mass is 16.1. The monoisotopic (exact) mass is 299 g/mol. The summed E-state index contributed by atoms with van der Waals surface area (Å²) in [5, 5.41) is 6.95. The van der Waals surface area contributed by atoms with Gasteiger partial charge < -0.3 is 5.32 Å². The van der Waals surface area contributed by atoms with Crippen LogP contribution in [0.25, 0.3) is 0 Å². The van der Waals surface area contributed by atoms with Crippen LogP contribution in [0.4, 0.5) is 0 Å². The summed E-state index contributed by atoms with van der Waals surface area (Å²) in [4.78, 5) is 23.3. The number of nitrogens with zero attached hydrogens (tertiary/aromatic N) is 2. The number of aromatic nitrogens is 2. The van der Waals surface area contributed by atoms with E-state index in [2.05, 4.69) is 22.5 Å². The van der Waals surface area contributed by atoms with Crippen molar-refractivity contribution in [2.45, 2.75) is 32.7 Å². The SMILES string of the molecule is Cc1ccc(=O)n(CCNC(=O)CCCc2ccccc2)n1. The molecule has 0 saturated carbocycles. The van der Waals surface area contributed by atoms with Crippen LogP contribution in [-0.4, -0.2) is 22.2 Å². The molecule has 0 saturated heterocycles. The van der Waals surface area contributed by atoms with Crippen molar-refractivity contribution in [2.24, 2.45) is 0 Å². The Kier molecular flexibility index (Phi) is 5.89. The molecular formula is C17H21N3O2. The molecule has 2 rings (SSSR count). The first-order valence-electron chi connectivity index (χ1n) is 7.50. The van der Waals surface area contributed by atoms with Gasteiger partial charge in [0.25, 0.3) is 5.56 Å². The minimum absolute atomic E-state index is 0.0108. The molecule has 1 aromatic heterocycles. The summed E-state index contributed by atoms with van der Waals surface area (Å²) in [5.74, 6) is 0.0108. The Morgan fingerprint density at radius 1 is 1.18 bits per heavy atom. The van der Waals surface area contributed by atoms with E-state index in [1.165, 1.54) is 16.3 Å². The van der Waals surface area contributed by atoms with Crippen LogP contribution in [0.2, 0.25) is 0 Å². The number of hydrogen-bond acceptors (Lipinski definition) is 3. The van der Waals surface area contributed by atoms with E-state index in [1.807, 2.05) is 25.1 Å². The van der Waals surface area contributed by atoms with E-state index in [9.17, 15) is 9.59 Å². The van der Waals surface area contributed by atoms with Gasteiger partial charge in [0.15, 0.2) is 0 Å². The lowest BCUT2D eigenvalue weighted by molar-refractivity contribution is -0.121. The van der Waals surface area contributed by atoms with Crippen LogP contribution in [-0.2, 0) is 17.8 Å². The van der Waals surface area contributed by atoms with E-state index in [4.69, 9.17) is 0 Å². The third-order valence-corrected chi connectivity index (χ3v) is 3.36. The Hall–Kier alpha value is -2.43. The zero-order valence-corrected chi connectivity index (χ0v) is 12.8. The highest BCUT2D eigenvalue weighted by Gasteiger charge is 2.02. The first kappa shape index (κ1) is 15.9. The molecule has 5 heteroatoms. The van der Waals surface area contributed by atoms with Crippen molar-refractivity contribution in [1.29, 1.82) is 0 Å². The molecule has 1 amide bonds. The fraction of sp³-hybridized carbons (Fsp3) is 0.353. The van der Waals surface area contributed by atoms with Gasteiger partial charge in [-0.05, 0) is 31.4 Å². The standard InChI is InChI=1S/C17H21N3O2/c1-14-10-11-17(22)20(19-14)13-12-18-16(21)9-5-8-15-6-3-2-4-7-15/h2-4,6-7,10-11H,5,8-9,12-13H2,1H3,(H,18,21). The third-order valence-electron chi connectivity index (χ3n) is 3.36. The maximum Gasteiger partial charge on any atom is 0.266 e. The Bertz CT molecular complexity index is 665. The summed E-state index contributed by atoms with van der Waals surface area (Å²) in [6.45, 7) is 2.64. The molecule has 116 valence electrons. The molecule has 1 N–H and O–H groups in total. The first-order valence-corrected chi connectivity index (χ1v) is 7.50. The zero-order valence-electron chi connectivity index (χ0n) is 12.8. The van der Waals surface area contributed by atoms with Crippen molar-refractivity contribution in [3.8, 4) is 0 Å². The summed E-state index contributed by atoms with van der Waals surface area (Å²) in [6, 6.07) is 13.3. The second kappa shape index (κ2) is 8.12. The van der Waals surface area contributed by atoms with Crippen molar-refractivity contribution in [3.05, 3.63) is 64.1 Å². The lowest BCUT2D eigenvalue weighted by Crippen LogP contribution is -2.31. The molecular weight excluding hydrogens is 278 g/mol. The zero-order chi connectivity index (χ0) is 15.8. The molecule has 5 nitrogen and oxygen atoms in total. The van der Waals surface area contributed by atoms with Crippen LogP contribution in [0.15, 0.2) is 47.3 Å². The van der Waals surface area contributed by atoms with Gasteiger partial charge in [-0.15, -0.1) is 0 Å². The largest absolute Gasteiger partial charge is 0.354 e. The van der Waals surface area contributed by atoms with Crippen LogP contribution in [0.5, 0.6) is 0 Å². The van der Waals surface area contributed by atoms with Gasteiger partial charge >= 0.3 is 0 Å². The maximum atomic E-state index is 11.8. The Morgan fingerprint density at radius 2 is 1.95 bits per heavy atom. The molecule has 1 aromatic carbocycles. The van der Waals surface area contributed by atoms with Crippen molar-refractivity contribution in [3.63, 3.8) is 0 Å². The van der Waals surface area contributed by atoms with Gasteiger partial charge in [0.05, 0.1) is 12.2 Å². The van der Waals surface area contributed by atoms with E-state index in [-0.39, 0.29) is 11.5 Å². The van der Waals surface area contributed by atoms with Gasteiger partial charge in [0.2, 0.25) is 5.91 Å². The molecule has 0 unspecified atom stereocenters. The number of nitrogens with one attached hydrogen (secondary N) is 1. The maximum absolute atomic E-state index is 11.8. The molecule has 0 aliphatic rings. The molecule has 0 radical (unpaired) electrons. The van der Waals surface area contributed by atoms with Gasteiger partial charge in [0, 0.05) is 19.0 Å². The van der Waals surface area contributed by atoms with Crippen LogP contribution in [0, 0.1) is 6.92 Å². The van der Waals surface area contributed by atoms with Crippen molar-refractivity contribution >= 4 is 5.91 Å². The van der Waals surface area contributed by atoms with Gasteiger partial charge in [-0.25, -0.2) is 4.68 Å². The third kappa shape index (κ3) is 5.16. The predicted octanol–water partition coefficient (Wildman–Crippen LogP) is 1.69. The lowest BCUT2D eigenvalue weighted by atomic mass is 10.1. The summed E-state index contributed by atoms with van der Waals surface area (Å²) >= 11 is 0. The van der Waals surface area contributed by atoms with Crippen LogP contribution < -0.4 is 10.9 Å². The second-order valence-corrected chi connectivity index (χ2v) is 5.23. The fourth-order valence-electron chi connectivity index (χ4n) is 2.20. The Balaban J connectivity index is 1.67. The predicted molar refractivity (Wildman–Crippen MR) is 85.6 cm³/mol. The Morgan fingerprint density at radius 3 is 2.73 bits per heavy atom. The molecule has 22 heavy (non-hydrogen) atoms. The minimum Gasteiger partial charge on any atom is -0.354 e. The number of amides is 1. The van der Waals surface area contributed by atoms with Crippen molar-refractivity contribution in [2.75, 3.05) is 6.54 Å². The topological polar surface area (TPSA) is 64.0 Å². The summed E-state index contributed by atoms with van der Waals surface area (Å²) in [5.41, 5.74) is 1.88. The van der Waals surface area contributed by atoms with Crippen molar-refractivity contribution in [1.82, 2.24) is 15.1 Å². The van der Waals surface area contributed by atoms with E-state index in [1.54, 1.807) is 6.07 Å². The van der Waals surface area contributed by atoms with E-state index < -0.39 is 0 Å². The summed E-state index contributed by atoms with van der Waals surface area (Å²) in [7, 11) is 0. The van der Waals surface area contributed by atoms with E-state index in [0.717, 1.165) is 18.5 Å². The molecule has 0 fully saturated rings. The van der Waals surface area contributed by atoms with E-state index >= 15 is 0 Å². The molecule has 1 heterocycles. The van der Waals surface area contributed by atoms with Crippen LogP contribution in [0.1, 0.15) is 24.1 Å². The Labute approximate surface area is 130 Å². The smallest absolute Gasteiger partial charge is 0.266 e. The number of benzene rings is 1. The van der Waals surface area contributed by atoms with Gasteiger partial charge in [0.1, 0.15) is 0 Å². The summed E-state index contributed by atoms with van der Waals surface area (Å²) < 4.78 is 1.37. The molecule has 0 aliphatic carbocycles. The average Bonchev–Trinajstić information content (AvgIpc) is 2.52. The number of carbonyl (C=O) groups excluding carboxylic acids is 1. The van der Waals surface area contributed by atoms with Crippen molar-refractivity contribution < 1.29 is 4.79 Å². The molecule has 0 bridgehead atoms. The van der Waals surface area contributed by atoms with E-state index in [0.29, 0.717) is 19.5 Å². The fourth-order valence-corrected chi connectivity index (χ4v) is 2.20. The van der Waals surface area contributed by atoms with Gasteiger partial charge in [-0.2, -0.15) is 5.10 Å². The number of aryl methyl sites for hydroxylation is 2. The van der Waals surface area contributed by atoms with Crippen LogP contribution >= 0.6 is 0 Å². The quantitative estimate of drug-likeness (QED) is 0.846. The van der Waals surface area contributed by atoms with Gasteiger partial charge in [-0.3, -0.25) is 9.59 Å². The molecule has 0 aliphatic heterocycles. The normalized spacial score (nSPS) is 10.4. The average molecular weight is 299 g/mol. The summed E-state index contributed by atoms with van der Waals surface area (Å²) in [6.07, 6.45) is 2.21. The number of carbonyl (C=O) groups is 1. The molecule has 2 aromatic rings. The number of hydrogen-bond donors (Lipinski definition) is 1. The lowest BCUT2D eigenvalue weighted by Gasteiger charge is -2.07. The van der Waals surface area contributed by atoms with Gasteiger partial charge in [-0.1, -0.05) is 30.3 Å². The minimum atomic E-state index is -0.149. The second-order valence-electron chi connectivity index (χ2n) is 5.23. The molecule has 0 spiro atoms. The highest BCUT2D eigenvalue weighted by molar-refractivity contribution is 5.75.